The topological polar surface area (TPSA) is 61.8 Å². The smallest absolute Gasteiger partial charge is 0.410 e. The van der Waals surface area contributed by atoms with Gasteiger partial charge in [0.2, 0.25) is 0 Å². The molecule has 0 saturated carbocycles. The second-order valence-corrected chi connectivity index (χ2v) is 7.82. The minimum Gasteiger partial charge on any atom is -0.444 e. The van der Waals surface area contributed by atoms with Crippen molar-refractivity contribution in [2.75, 3.05) is 13.1 Å². The molecule has 2 rings (SSSR count). The number of carbonyl (C=O) groups excluding carboxylic acids is 1. The van der Waals surface area contributed by atoms with Gasteiger partial charge in [-0.25, -0.2) is 4.79 Å². The molecule has 0 aromatic carbocycles. The van der Waals surface area contributed by atoms with Gasteiger partial charge < -0.3 is 20.1 Å². The Morgan fingerprint density at radius 1 is 1.48 bits per heavy atom. The Morgan fingerprint density at radius 2 is 2.19 bits per heavy atom. The summed E-state index contributed by atoms with van der Waals surface area (Å²) in [5.74, 6) is 0. The zero-order valence-corrected chi connectivity index (χ0v) is 13.9. The molecule has 1 aliphatic rings. The number of aliphatic hydroxyl groups is 1. The Labute approximate surface area is 129 Å². The molecule has 5 nitrogen and oxygen atoms in total. The highest BCUT2D eigenvalue weighted by Crippen LogP contribution is 2.18. The van der Waals surface area contributed by atoms with Crippen LogP contribution < -0.4 is 5.32 Å². The van der Waals surface area contributed by atoms with Gasteiger partial charge in [-0.05, 0) is 39.8 Å². The summed E-state index contributed by atoms with van der Waals surface area (Å²) in [6.07, 6.45) is -0.920. The number of aliphatic hydroxyl groups excluding tert-OH is 1. The van der Waals surface area contributed by atoms with Crippen LogP contribution in [0.3, 0.4) is 0 Å². The molecular weight excluding hydrogens is 288 g/mol. The highest BCUT2D eigenvalue weighted by atomic mass is 32.1. The zero-order valence-electron chi connectivity index (χ0n) is 13.0. The Kier molecular flexibility index (Phi) is 4.91. The Hall–Kier alpha value is -1.11. The van der Waals surface area contributed by atoms with Crippen molar-refractivity contribution < 1.29 is 14.6 Å². The number of nitrogens with one attached hydrogen (secondary N) is 1. The molecule has 6 heteroatoms. The fraction of sp³-hybridized carbons (Fsp3) is 0.667. The monoisotopic (exact) mass is 312 g/mol. The van der Waals surface area contributed by atoms with E-state index in [0.29, 0.717) is 19.6 Å². The maximum absolute atomic E-state index is 12.0. The van der Waals surface area contributed by atoms with Crippen LogP contribution in [-0.2, 0) is 11.3 Å². The number of amides is 1. The molecule has 1 fully saturated rings. The van der Waals surface area contributed by atoms with Gasteiger partial charge >= 0.3 is 6.09 Å². The van der Waals surface area contributed by atoms with Gasteiger partial charge in [0.1, 0.15) is 5.60 Å². The maximum Gasteiger partial charge on any atom is 0.410 e. The fourth-order valence-electron chi connectivity index (χ4n) is 2.27. The van der Waals surface area contributed by atoms with Crippen LogP contribution in [0.1, 0.15) is 30.5 Å². The van der Waals surface area contributed by atoms with E-state index in [2.05, 4.69) is 24.4 Å². The molecule has 2 N–H and O–H groups in total. The predicted octanol–water partition coefficient (Wildman–Crippen LogP) is 2.13. The van der Waals surface area contributed by atoms with Gasteiger partial charge in [0.15, 0.2) is 0 Å². The van der Waals surface area contributed by atoms with E-state index < -0.39 is 11.7 Å². The summed E-state index contributed by atoms with van der Waals surface area (Å²) in [5, 5.41) is 13.4. The highest BCUT2D eigenvalue weighted by Gasteiger charge is 2.35. The molecule has 0 bridgehead atoms. The minimum absolute atomic E-state index is 0.111. The zero-order chi connectivity index (χ0) is 15.6. The van der Waals surface area contributed by atoms with E-state index in [4.69, 9.17) is 4.74 Å². The Morgan fingerprint density at radius 3 is 2.76 bits per heavy atom. The largest absolute Gasteiger partial charge is 0.444 e. The van der Waals surface area contributed by atoms with Crippen molar-refractivity contribution >= 4 is 17.4 Å². The molecule has 1 saturated heterocycles. The van der Waals surface area contributed by atoms with Crippen LogP contribution in [0.25, 0.3) is 0 Å². The fourth-order valence-corrected chi connectivity index (χ4v) is 3.12. The van der Waals surface area contributed by atoms with E-state index in [0.717, 1.165) is 0 Å². The number of aryl methyl sites for hydroxylation is 1. The molecule has 2 atom stereocenters. The van der Waals surface area contributed by atoms with E-state index in [1.54, 1.807) is 16.2 Å². The first kappa shape index (κ1) is 16.3. The van der Waals surface area contributed by atoms with Crippen LogP contribution >= 0.6 is 11.3 Å². The normalized spacial score (nSPS) is 22.6. The summed E-state index contributed by atoms with van der Waals surface area (Å²) in [7, 11) is 0. The Bertz CT molecular complexity index is 495. The van der Waals surface area contributed by atoms with Gasteiger partial charge in [0.25, 0.3) is 0 Å². The molecule has 1 aromatic heterocycles. The van der Waals surface area contributed by atoms with Gasteiger partial charge in [-0.1, -0.05) is 0 Å². The third-order valence-corrected chi connectivity index (χ3v) is 4.28. The summed E-state index contributed by atoms with van der Waals surface area (Å²) in [6, 6.07) is 4.06. The van der Waals surface area contributed by atoms with Crippen LogP contribution in [0.4, 0.5) is 4.79 Å². The van der Waals surface area contributed by atoms with E-state index in [-0.39, 0.29) is 12.1 Å². The molecule has 21 heavy (non-hydrogen) atoms. The lowest BCUT2D eigenvalue weighted by molar-refractivity contribution is 0.0270. The average molecular weight is 312 g/mol. The van der Waals surface area contributed by atoms with Crippen LogP contribution in [0, 0.1) is 6.92 Å². The van der Waals surface area contributed by atoms with Gasteiger partial charge in [0.05, 0.1) is 18.7 Å². The van der Waals surface area contributed by atoms with Crippen molar-refractivity contribution in [1.29, 1.82) is 0 Å². The SMILES string of the molecule is Cc1ccc(CN[C@H]2CN(C(=O)OC(C)(C)C)C[C@@H]2O)s1. The van der Waals surface area contributed by atoms with Gasteiger partial charge in [-0.15, -0.1) is 11.3 Å². The minimum atomic E-state index is -0.557. The van der Waals surface area contributed by atoms with Gasteiger partial charge in [-0.3, -0.25) is 0 Å². The summed E-state index contributed by atoms with van der Waals surface area (Å²) in [5.41, 5.74) is -0.512. The first-order valence-corrected chi connectivity index (χ1v) is 8.01. The maximum atomic E-state index is 12.0. The third kappa shape index (κ3) is 4.69. The number of rotatable bonds is 3. The lowest BCUT2D eigenvalue weighted by Gasteiger charge is -2.24. The van der Waals surface area contributed by atoms with E-state index in [9.17, 15) is 9.90 Å². The second-order valence-electron chi connectivity index (χ2n) is 6.45. The van der Waals surface area contributed by atoms with E-state index in [1.807, 2.05) is 20.8 Å². The molecule has 0 aliphatic carbocycles. The van der Waals surface area contributed by atoms with E-state index >= 15 is 0 Å². The number of hydrogen-bond donors (Lipinski definition) is 2. The number of β-amino-alcohol motifs (C(OH)–C–C–N with tert-alkyl or cyclic N) is 1. The molecular formula is C15H24N2O3S. The van der Waals surface area contributed by atoms with Crippen molar-refractivity contribution in [3.05, 3.63) is 21.9 Å². The van der Waals surface area contributed by atoms with Crippen molar-refractivity contribution in [3.63, 3.8) is 0 Å². The van der Waals surface area contributed by atoms with Crippen molar-refractivity contribution in [1.82, 2.24) is 10.2 Å². The second kappa shape index (κ2) is 6.34. The molecule has 0 spiro atoms. The molecule has 1 aliphatic heterocycles. The van der Waals surface area contributed by atoms with Crippen LogP contribution in [-0.4, -0.2) is 46.9 Å². The van der Waals surface area contributed by atoms with Crippen LogP contribution in [0.2, 0.25) is 0 Å². The lowest BCUT2D eigenvalue weighted by atomic mass is 10.2. The van der Waals surface area contributed by atoms with Gasteiger partial charge in [0, 0.05) is 22.8 Å². The number of hydrogen-bond acceptors (Lipinski definition) is 5. The molecule has 1 amide bonds. The predicted molar refractivity (Wildman–Crippen MR) is 83.5 cm³/mol. The number of likely N-dealkylation sites (tertiary alicyclic amines) is 1. The summed E-state index contributed by atoms with van der Waals surface area (Å²) in [4.78, 5) is 16.1. The first-order chi connectivity index (χ1) is 9.74. The number of carbonyl (C=O) groups is 1. The standard InChI is InChI=1S/C15H24N2O3S/c1-10-5-6-11(21-10)7-16-12-8-17(9-13(12)18)14(19)20-15(2,3)4/h5-6,12-13,16,18H,7-9H2,1-4H3/t12-,13-/m0/s1. The van der Waals surface area contributed by atoms with Crippen molar-refractivity contribution in [3.8, 4) is 0 Å². The molecule has 0 unspecified atom stereocenters. The highest BCUT2D eigenvalue weighted by molar-refractivity contribution is 7.11. The average Bonchev–Trinajstić information content (AvgIpc) is 2.91. The number of nitrogens with zero attached hydrogens (tertiary/aromatic N) is 1. The van der Waals surface area contributed by atoms with Crippen molar-refractivity contribution in [2.45, 2.75) is 52.0 Å². The van der Waals surface area contributed by atoms with E-state index in [1.165, 1.54) is 9.75 Å². The molecule has 0 radical (unpaired) electrons. The molecule has 2 heterocycles. The lowest BCUT2D eigenvalue weighted by Crippen LogP contribution is -2.39. The summed E-state index contributed by atoms with van der Waals surface area (Å²) < 4.78 is 5.33. The Balaban J connectivity index is 1.84. The van der Waals surface area contributed by atoms with Crippen LogP contribution in [0.5, 0.6) is 0 Å². The van der Waals surface area contributed by atoms with Crippen molar-refractivity contribution in [2.24, 2.45) is 0 Å². The quantitative estimate of drug-likeness (QED) is 0.897. The number of thiophene rings is 1. The van der Waals surface area contributed by atoms with Crippen LogP contribution in [0.15, 0.2) is 12.1 Å². The molecule has 118 valence electrons. The summed E-state index contributed by atoms with van der Waals surface area (Å²) >= 11 is 1.74. The van der Waals surface area contributed by atoms with Gasteiger partial charge in [-0.2, -0.15) is 0 Å². The third-order valence-electron chi connectivity index (χ3n) is 3.28. The summed E-state index contributed by atoms with van der Waals surface area (Å²) in [6.45, 7) is 9.09. The molecule has 1 aromatic rings. The number of ether oxygens (including phenoxy) is 1. The first-order valence-electron chi connectivity index (χ1n) is 7.19.